The average Bonchev–Trinajstić information content (AvgIpc) is 2.19. The van der Waals surface area contributed by atoms with Gasteiger partial charge in [0, 0.05) is 33.1 Å². The Morgan fingerprint density at radius 1 is 1.62 bits per heavy atom. The molecule has 0 saturated carbocycles. The molecular weight excluding hydrogens is 166 g/mol. The van der Waals surface area contributed by atoms with Crippen molar-refractivity contribution in [2.24, 2.45) is 5.73 Å². The van der Waals surface area contributed by atoms with Gasteiger partial charge in [-0.1, -0.05) is 13.3 Å². The normalized spacial score (nSPS) is 34.8. The van der Waals surface area contributed by atoms with E-state index in [2.05, 4.69) is 6.92 Å². The van der Waals surface area contributed by atoms with Crippen molar-refractivity contribution >= 4 is 0 Å². The highest BCUT2D eigenvalue weighted by Crippen LogP contribution is 2.28. The Morgan fingerprint density at radius 3 is 2.92 bits per heavy atom. The highest BCUT2D eigenvalue weighted by molar-refractivity contribution is 4.88. The Kier molecular flexibility index (Phi) is 4.16. The molecule has 0 aliphatic carbocycles. The van der Waals surface area contributed by atoms with Crippen molar-refractivity contribution in [1.29, 1.82) is 0 Å². The van der Waals surface area contributed by atoms with E-state index < -0.39 is 0 Å². The van der Waals surface area contributed by atoms with Crippen LogP contribution in [0.15, 0.2) is 0 Å². The molecule has 3 heteroatoms. The molecule has 2 N–H and O–H groups in total. The predicted molar refractivity (Wildman–Crippen MR) is 52.7 cm³/mol. The molecule has 0 aromatic carbocycles. The summed E-state index contributed by atoms with van der Waals surface area (Å²) in [7, 11) is 1.75. The van der Waals surface area contributed by atoms with Gasteiger partial charge in [-0.25, -0.2) is 0 Å². The van der Waals surface area contributed by atoms with Gasteiger partial charge >= 0.3 is 0 Å². The molecule has 0 bridgehead atoms. The summed E-state index contributed by atoms with van der Waals surface area (Å²) in [5.74, 6) is 0. The lowest BCUT2D eigenvalue weighted by atomic mass is 9.88. The van der Waals surface area contributed by atoms with E-state index >= 15 is 0 Å². The molecule has 0 spiro atoms. The third kappa shape index (κ3) is 2.66. The van der Waals surface area contributed by atoms with Gasteiger partial charge in [0.25, 0.3) is 0 Å². The van der Waals surface area contributed by atoms with Crippen LogP contribution in [-0.4, -0.2) is 32.0 Å². The van der Waals surface area contributed by atoms with Crippen LogP contribution < -0.4 is 5.73 Å². The first kappa shape index (κ1) is 11.0. The largest absolute Gasteiger partial charge is 0.378 e. The van der Waals surface area contributed by atoms with Gasteiger partial charge in [0.05, 0.1) is 11.7 Å². The molecule has 2 unspecified atom stereocenters. The molecule has 1 heterocycles. The van der Waals surface area contributed by atoms with Gasteiger partial charge in [-0.2, -0.15) is 0 Å². The van der Waals surface area contributed by atoms with Gasteiger partial charge in [-0.15, -0.1) is 0 Å². The molecule has 13 heavy (non-hydrogen) atoms. The lowest BCUT2D eigenvalue weighted by Gasteiger charge is -2.39. The summed E-state index contributed by atoms with van der Waals surface area (Å²) in [4.78, 5) is 0. The first-order chi connectivity index (χ1) is 6.26. The highest BCUT2D eigenvalue weighted by Gasteiger charge is 2.35. The zero-order valence-electron chi connectivity index (χ0n) is 8.71. The second-order valence-electron chi connectivity index (χ2n) is 3.83. The fourth-order valence-electron chi connectivity index (χ4n) is 1.95. The number of methoxy groups -OCH3 is 1. The minimum absolute atomic E-state index is 0.113. The van der Waals surface area contributed by atoms with E-state index in [0.29, 0.717) is 12.6 Å². The fraction of sp³-hybridized carbons (Fsp3) is 1.00. The Hall–Kier alpha value is -0.120. The highest BCUT2D eigenvalue weighted by atomic mass is 16.5. The van der Waals surface area contributed by atoms with Crippen molar-refractivity contribution < 1.29 is 9.47 Å². The van der Waals surface area contributed by atoms with Gasteiger partial charge in [-0.3, -0.25) is 0 Å². The van der Waals surface area contributed by atoms with Crippen molar-refractivity contribution in [2.45, 2.75) is 44.3 Å². The Morgan fingerprint density at radius 2 is 2.38 bits per heavy atom. The third-order valence-electron chi connectivity index (χ3n) is 2.93. The first-order valence-corrected chi connectivity index (χ1v) is 5.13. The van der Waals surface area contributed by atoms with Crippen LogP contribution >= 0.6 is 0 Å². The number of ether oxygens (including phenoxy) is 2. The minimum atomic E-state index is -0.113. The zero-order chi connectivity index (χ0) is 9.73. The van der Waals surface area contributed by atoms with E-state index in [9.17, 15) is 0 Å². The fourth-order valence-corrected chi connectivity index (χ4v) is 1.95. The lowest BCUT2D eigenvalue weighted by Crippen LogP contribution is -2.47. The summed E-state index contributed by atoms with van der Waals surface area (Å²) in [6.07, 6.45) is 4.51. The van der Waals surface area contributed by atoms with Crippen LogP contribution in [0.4, 0.5) is 0 Å². The van der Waals surface area contributed by atoms with Gasteiger partial charge in [0.1, 0.15) is 0 Å². The van der Waals surface area contributed by atoms with Crippen molar-refractivity contribution in [3.8, 4) is 0 Å². The average molecular weight is 187 g/mol. The van der Waals surface area contributed by atoms with Crippen LogP contribution in [0.25, 0.3) is 0 Å². The Balaban J connectivity index is 2.48. The summed E-state index contributed by atoms with van der Waals surface area (Å²) in [6.45, 7) is 3.57. The van der Waals surface area contributed by atoms with Gasteiger partial charge < -0.3 is 15.2 Å². The quantitative estimate of drug-likeness (QED) is 0.721. The maximum atomic E-state index is 5.73. The van der Waals surface area contributed by atoms with Crippen molar-refractivity contribution in [1.82, 2.24) is 0 Å². The molecule has 1 aliphatic rings. The van der Waals surface area contributed by atoms with E-state index in [0.717, 1.165) is 32.3 Å². The SMILES string of the molecule is CCCC1CC(CN)(OC)CCO1. The number of hydrogen-bond donors (Lipinski definition) is 1. The summed E-state index contributed by atoms with van der Waals surface area (Å²) in [5.41, 5.74) is 5.61. The summed E-state index contributed by atoms with van der Waals surface area (Å²) in [6, 6.07) is 0. The van der Waals surface area contributed by atoms with Crippen LogP contribution in [0.5, 0.6) is 0 Å². The predicted octanol–water partition coefficient (Wildman–Crippen LogP) is 1.31. The number of rotatable bonds is 4. The molecule has 78 valence electrons. The molecule has 1 rings (SSSR count). The topological polar surface area (TPSA) is 44.5 Å². The third-order valence-corrected chi connectivity index (χ3v) is 2.93. The number of hydrogen-bond acceptors (Lipinski definition) is 3. The van der Waals surface area contributed by atoms with Crippen LogP contribution in [0.1, 0.15) is 32.6 Å². The monoisotopic (exact) mass is 187 g/mol. The summed E-state index contributed by atoms with van der Waals surface area (Å²) in [5, 5.41) is 0. The summed E-state index contributed by atoms with van der Waals surface area (Å²) >= 11 is 0. The van der Waals surface area contributed by atoms with E-state index in [1.54, 1.807) is 7.11 Å². The molecule has 2 atom stereocenters. The second-order valence-corrected chi connectivity index (χ2v) is 3.83. The van der Waals surface area contributed by atoms with Gasteiger partial charge in [0.15, 0.2) is 0 Å². The molecule has 1 saturated heterocycles. The van der Waals surface area contributed by atoms with E-state index in [-0.39, 0.29) is 5.60 Å². The second kappa shape index (κ2) is 4.94. The number of nitrogens with two attached hydrogens (primary N) is 1. The first-order valence-electron chi connectivity index (χ1n) is 5.13. The van der Waals surface area contributed by atoms with Crippen molar-refractivity contribution in [2.75, 3.05) is 20.3 Å². The lowest BCUT2D eigenvalue weighted by molar-refractivity contribution is -0.119. The maximum absolute atomic E-state index is 5.73. The van der Waals surface area contributed by atoms with Crippen molar-refractivity contribution in [3.05, 3.63) is 0 Å². The standard InChI is InChI=1S/C10H21NO2/c1-3-4-9-7-10(8-11,12-2)5-6-13-9/h9H,3-8,11H2,1-2H3. The van der Waals surface area contributed by atoms with Crippen LogP contribution in [0.3, 0.4) is 0 Å². The molecule has 0 radical (unpaired) electrons. The van der Waals surface area contributed by atoms with E-state index in [1.807, 2.05) is 0 Å². The Labute approximate surface area is 80.6 Å². The zero-order valence-corrected chi connectivity index (χ0v) is 8.71. The molecule has 1 aliphatic heterocycles. The van der Waals surface area contributed by atoms with Gasteiger partial charge in [-0.05, 0) is 6.42 Å². The molecule has 0 aromatic heterocycles. The molecular formula is C10H21NO2. The van der Waals surface area contributed by atoms with Gasteiger partial charge in [0.2, 0.25) is 0 Å². The van der Waals surface area contributed by atoms with Crippen molar-refractivity contribution in [3.63, 3.8) is 0 Å². The van der Waals surface area contributed by atoms with E-state index in [1.165, 1.54) is 0 Å². The molecule has 0 aromatic rings. The summed E-state index contributed by atoms with van der Waals surface area (Å²) < 4.78 is 11.1. The molecule has 3 nitrogen and oxygen atoms in total. The molecule has 1 fully saturated rings. The van der Waals surface area contributed by atoms with Crippen LogP contribution in [0, 0.1) is 0 Å². The minimum Gasteiger partial charge on any atom is -0.378 e. The van der Waals surface area contributed by atoms with Crippen LogP contribution in [-0.2, 0) is 9.47 Å². The Bertz CT molecular complexity index is 144. The van der Waals surface area contributed by atoms with E-state index in [4.69, 9.17) is 15.2 Å². The smallest absolute Gasteiger partial charge is 0.0846 e. The maximum Gasteiger partial charge on any atom is 0.0846 e. The van der Waals surface area contributed by atoms with Crippen LogP contribution in [0.2, 0.25) is 0 Å². The molecule has 0 amide bonds.